The molecule has 0 aliphatic carbocycles. The van der Waals surface area contributed by atoms with Crippen LogP contribution in [0.2, 0.25) is 0 Å². The molecular weight excluding hydrogens is 228 g/mol. The van der Waals surface area contributed by atoms with E-state index in [1.807, 2.05) is 30.3 Å². The average Bonchev–Trinajstić information content (AvgIpc) is 2.26. The Kier molecular flexibility index (Phi) is 3.11. The molecule has 1 aromatic carbocycles. The summed E-state index contributed by atoms with van der Waals surface area (Å²) in [6, 6.07) is 7.91. The maximum absolute atomic E-state index is 13.0. The molecule has 0 saturated carbocycles. The van der Waals surface area contributed by atoms with Crippen LogP contribution in [0.5, 0.6) is 0 Å². The van der Waals surface area contributed by atoms with Gasteiger partial charge in [-0.2, -0.15) is 0 Å². The van der Waals surface area contributed by atoms with Crippen LogP contribution in [0.1, 0.15) is 12.5 Å². The van der Waals surface area contributed by atoms with Gasteiger partial charge in [-0.15, -0.1) is 0 Å². The highest BCUT2D eigenvalue weighted by Crippen LogP contribution is 2.27. The number of rotatable bonds is 4. The van der Waals surface area contributed by atoms with E-state index in [1.165, 1.54) is 0 Å². The van der Waals surface area contributed by atoms with Crippen LogP contribution < -0.4 is 5.32 Å². The Morgan fingerprint density at radius 1 is 1.35 bits per heavy atom. The molecule has 1 amide bonds. The smallest absolute Gasteiger partial charge is 0.268 e. The quantitative estimate of drug-likeness (QED) is 0.815. The molecule has 1 heterocycles. The van der Waals surface area contributed by atoms with E-state index in [4.69, 9.17) is 4.74 Å². The molecule has 2 atom stereocenters. The number of benzene rings is 1. The van der Waals surface area contributed by atoms with Crippen molar-refractivity contribution in [1.82, 2.24) is 5.32 Å². The Morgan fingerprint density at radius 2 is 2.00 bits per heavy atom. The van der Waals surface area contributed by atoms with E-state index in [2.05, 4.69) is 5.32 Å². The van der Waals surface area contributed by atoms with Crippen molar-refractivity contribution in [2.75, 3.05) is 0 Å². The molecule has 1 unspecified atom stereocenters. The summed E-state index contributed by atoms with van der Waals surface area (Å²) in [5.74, 6) is -3.44. The van der Waals surface area contributed by atoms with Crippen molar-refractivity contribution in [3.8, 4) is 0 Å². The first-order valence-corrected chi connectivity index (χ1v) is 5.32. The summed E-state index contributed by atoms with van der Waals surface area (Å²) in [5.41, 5.74) is 0.852. The third kappa shape index (κ3) is 2.61. The molecule has 1 saturated heterocycles. The van der Waals surface area contributed by atoms with Gasteiger partial charge in [0.25, 0.3) is 11.8 Å². The first kappa shape index (κ1) is 12.0. The molecule has 17 heavy (non-hydrogen) atoms. The summed E-state index contributed by atoms with van der Waals surface area (Å²) < 4.78 is 31.3. The van der Waals surface area contributed by atoms with E-state index in [9.17, 15) is 13.6 Å². The second-order valence-corrected chi connectivity index (χ2v) is 4.16. The van der Waals surface area contributed by atoms with Crippen LogP contribution in [0.3, 0.4) is 0 Å². The molecule has 0 aromatic heterocycles. The summed E-state index contributed by atoms with van der Waals surface area (Å²) in [5, 5.41) is 2.16. The van der Waals surface area contributed by atoms with Crippen molar-refractivity contribution in [3.63, 3.8) is 0 Å². The van der Waals surface area contributed by atoms with Gasteiger partial charge in [0.15, 0.2) is 6.10 Å². The predicted molar refractivity (Wildman–Crippen MR) is 57.6 cm³/mol. The van der Waals surface area contributed by atoms with Crippen molar-refractivity contribution < 1.29 is 18.3 Å². The van der Waals surface area contributed by atoms with E-state index < -0.39 is 24.0 Å². The van der Waals surface area contributed by atoms with Crippen LogP contribution in [0, 0.1) is 0 Å². The Labute approximate surface area is 97.8 Å². The number of carbonyl (C=O) groups is 1. The topological polar surface area (TPSA) is 38.3 Å². The molecule has 1 N–H and O–H groups in total. The zero-order valence-corrected chi connectivity index (χ0v) is 9.32. The fourth-order valence-electron chi connectivity index (χ4n) is 1.69. The van der Waals surface area contributed by atoms with Crippen LogP contribution in [-0.2, 0) is 16.1 Å². The fraction of sp³-hybridized carbons (Fsp3) is 0.417. The summed E-state index contributed by atoms with van der Waals surface area (Å²) in [7, 11) is 0. The minimum atomic E-state index is -2.96. The van der Waals surface area contributed by atoms with E-state index in [0.717, 1.165) is 12.5 Å². The lowest BCUT2D eigenvalue weighted by atomic mass is 9.96. The van der Waals surface area contributed by atoms with Crippen molar-refractivity contribution in [2.24, 2.45) is 0 Å². The van der Waals surface area contributed by atoms with Crippen LogP contribution in [-0.4, -0.2) is 24.0 Å². The predicted octanol–water partition coefficient (Wildman–Crippen LogP) is 1.73. The largest absolute Gasteiger partial charge is 0.361 e. The Morgan fingerprint density at radius 3 is 2.53 bits per heavy atom. The van der Waals surface area contributed by atoms with Crippen molar-refractivity contribution in [2.45, 2.75) is 31.6 Å². The van der Waals surface area contributed by atoms with Gasteiger partial charge in [0.1, 0.15) is 6.04 Å². The summed E-state index contributed by atoms with van der Waals surface area (Å²) in [4.78, 5) is 11.1. The van der Waals surface area contributed by atoms with Crippen molar-refractivity contribution in [1.29, 1.82) is 0 Å². The second kappa shape index (κ2) is 4.41. The van der Waals surface area contributed by atoms with Gasteiger partial charge in [0.05, 0.1) is 6.61 Å². The minimum Gasteiger partial charge on any atom is -0.361 e. The van der Waals surface area contributed by atoms with Crippen LogP contribution in [0.15, 0.2) is 30.3 Å². The lowest BCUT2D eigenvalue weighted by Gasteiger charge is -2.39. The van der Waals surface area contributed by atoms with Gasteiger partial charge in [-0.3, -0.25) is 4.79 Å². The molecule has 0 spiro atoms. The van der Waals surface area contributed by atoms with Crippen molar-refractivity contribution in [3.05, 3.63) is 35.9 Å². The number of β-lactam (4-membered cyclic amide) rings is 1. The molecule has 1 fully saturated rings. The van der Waals surface area contributed by atoms with Gasteiger partial charge in [-0.05, 0) is 5.56 Å². The average molecular weight is 241 g/mol. The van der Waals surface area contributed by atoms with Gasteiger partial charge < -0.3 is 10.1 Å². The molecule has 0 radical (unpaired) electrons. The third-order valence-corrected chi connectivity index (χ3v) is 2.68. The summed E-state index contributed by atoms with van der Waals surface area (Å²) >= 11 is 0. The lowest BCUT2D eigenvalue weighted by Crippen LogP contribution is -2.69. The van der Waals surface area contributed by atoms with Crippen LogP contribution in [0.4, 0.5) is 8.78 Å². The highest BCUT2D eigenvalue weighted by molar-refractivity contribution is 5.88. The molecule has 5 heteroatoms. The Hall–Kier alpha value is -1.49. The monoisotopic (exact) mass is 241 g/mol. The van der Waals surface area contributed by atoms with Gasteiger partial charge in [0.2, 0.25) is 0 Å². The SMILES string of the molecule is CC(F)(F)[C@@H]1NC(=O)C1OCc1ccccc1. The number of ether oxygens (including phenoxy) is 1. The highest BCUT2D eigenvalue weighted by atomic mass is 19.3. The molecule has 0 bridgehead atoms. The van der Waals surface area contributed by atoms with E-state index in [0.29, 0.717) is 0 Å². The van der Waals surface area contributed by atoms with E-state index >= 15 is 0 Å². The number of hydrogen-bond donors (Lipinski definition) is 1. The number of amides is 1. The normalized spacial score (nSPS) is 24.1. The number of carbonyl (C=O) groups excluding carboxylic acids is 1. The fourth-order valence-corrected chi connectivity index (χ4v) is 1.69. The number of hydrogen-bond acceptors (Lipinski definition) is 2. The van der Waals surface area contributed by atoms with Gasteiger partial charge in [0, 0.05) is 6.92 Å². The zero-order chi connectivity index (χ0) is 12.5. The molecule has 1 aromatic rings. The second-order valence-electron chi connectivity index (χ2n) is 4.16. The first-order chi connectivity index (χ1) is 7.98. The maximum atomic E-state index is 13.0. The molecule has 1 aliphatic heterocycles. The van der Waals surface area contributed by atoms with Gasteiger partial charge >= 0.3 is 0 Å². The van der Waals surface area contributed by atoms with E-state index in [-0.39, 0.29) is 6.61 Å². The standard InChI is InChI=1S/C12H13F2NO2/c1-12(13,14)10-9(11(16)15-10)17-7-8-5-3-2-4-6-8/h2-6,9-10H,7H2,1H3,(H,15,16)/t9?,10-/m1/s1. The number of halogens is 2. The molecule has 1 aliphatic rings. The van der Waals surface area contributed by atoms with Gasteiger partial charge in [-0.1, -0.05) is 30.3 Å². The Balaban J connectivity index is 1.93. The third-order valence-electron chi connectivity index (χ3n) is 2.68. The first-order valence-electron chi connectivity index (χ1n) is 5.32. The zero-order valence-electron chi connectivity index (χ0n) is 9.32. The highest BCUT2D eigenvalue weighted by Gasteiger charge is 2.52. The van der Waals surface area contributed by atoms with E-state index in [1.54, 1.807) is 0 Å². The molecule has 92 valence electrons. The lowest BCUT2D eigenvalue weighted by molar-refractivity contribution is -0.170. The summed E-state index contributed by atoms with van der Waals surface area (Å²) in [6.07, 6.45) is -1.06. The van der Waals surface area contributed by atoms with Crippen LogP contribution >= 0.6 is 0 Å². The number of alkyl halides is 2. The molecule has 3 nitrogen and oxygen atoms in total. The summed E-state index contributed by atoms with van der Waals surface area (Å²) in [6.45, 7) is 0.932. The molecular formula is C12H13F2NO2. The minimum absolute atomic E-state index is 0.158. The van der Waals surface area contributed by atoms with Crippen molar-refractivity contribution >= 4 is 5.91 Å². The van der Waals surface area contributed by atoms with Crippen LogP contribution in [0.25, 0.3) is 0 Å². The number of nitrogens with one attached hydrogen (secondary N) is 1. The molecule has 2 rings (SSSR count). The maximum Gasteiger partial charge on any atom is 0.268 e. The van der Waals surface area contributed by atoms with Gasteiger partial charge in [-0.25, -0.2) is 8.78 Å². The Bertz CT molecular complexity index is 403.